The molecule has 0 spiro atoms. The minimum atomic E-state index is 0.595. The third kappa shape index (κ3) is 3.86. The lowest BCUT2D eigenvalue weighted by Gasteiger charge is -2.13. The van der Waals surface area contributed by atoms with E-state index in [-0.39, 0.29) is 0 Å². The van der Waals surface area contributed by atoms with Gasteiger partial charge in [-0.1, -0.05) is 26.0 Å². The van der Waals surface area contributed by atoms with Crippen LogP contribution in [0, 0.1) is 0 Å². The van der Waals surface area contributed by atoms with Crippen LogP contribution in [0.25, 0.3) is 0 Å². The molecule has 3 nitrogen and oxygen atoms in total. The second-order valence-corrected chi connectivity index (χ2v) is 7.01. The zero-order valence-electron chi connectivity index (χ0n) is 13.8. The summed E-state index contributed by atoms with van der Waals surface area (Å²) in [4.78, 5) is 6.81. The minimum absolute atomic E-state index is 0.595. The van der Waals surface area contributed by atoms with E-state index in [0.29, 0.717) is 5.92 Å². The highest BCUT2D eigenvalue weighted by Crippen LogP contribution is 2.32. The summed E-state index contributed by atoms with van der Waals surface area (Å²) in [7, 11) is 0. The van der Waals surface area contributed by atoms with Crippen LogP contribution < -0.4 is 4.90 Å². The number of halogens is 1. The van der Waals surface area contributed by atoms with Gasteiger partial charge in [0.1, 0.15) is 5.76 Å². The first-order valence-corrected chi connectivity index (χ1v) is 9.15. The van der Waals surface area contributed by atoms with Gasteiger partial charge in [0.05, 0.1) is 16.4 Å². The lowest BCUT2D eigenvalue weighted by molar-refractivity contribution is 0.549. The molecule has 1 fully saturated rings. The van der Waals surface area contributed by atoms with Crippen LogP contribution in [-0.2, 0) is 0 Å². The van der Waals surface area contributed by atoms with E-state index in [1.54, 1.807) is 6.21 Å². The summed E-state index contributed by atoms with van der Waals surface area (Å²) < 4.78 is 6.94. The molecule has 1 aliphatic heterocycles. The monoisotopic (exact) mass is 374 g/mol. The number of furan rings is 1. The van der Waals surface area contributed by atoms with Gasteiger partial charge in [0.25, 0.3) is 0 Å². The van der Waals surface area contributed by atoms with Crippen molar-refractivity contribution in [2.75, 3.05) is 18.0 Å². The first kappa shape index (κ1) is 16.3. The van der Waals surface area contributed by atoms with Gasteiger partial charge in [-0.25, -0.2) is 0 Å². The lowest BCUT2D eigenvalue weighted by Crippen LogP contribution is -2.17. The minimum Gasteiger partial charge on any atom is -0.438 e. The average Bonchev–Trinajstić information content (AvgIpc) is 3.22. The Morgan fingerprint density at radius 1 is 1.26 bits per heavy atom. The van der Waals surface area contributed by atoms with Gasteiger partial charge < -0.3 is 9.32 Å². The number of hydrogen-bond acceptors (Lipinski definition) is 3. The lowest BCUT2D eigenvalue weighted by atomic mass is 9.99. The number of aliphatic imine (C=N–C) groups is 1. The predicted octanol–water partition coefficient (Wildman–Crippen LogP) is 5.91. The van der Waals surface area contributed by atoms with Crippen molar-refractivity contribution in [3.8, 4) is 0 Å². The molecule has 1 aliphatic rings. The van der Waals surface area contributed by atoms with Crippen LogP contribution in [0.4, 0.5) is 11.6 Å². The van der Waals surface area contributed by atoms with Crippen molar-refractivity contribution in [3.63, 3.8) is 0 Å². The Morgan fingerprint density at radius 3 is 2.61 bits per heavy atom. The molecule has 4 heteroatoms. The average molecular weight is 375 g/mol. The molecule has 2 heterocycles. The van der Waals surface area contributed by atoms with E-state index < -0.39 is 0 Å². The molecule has 122 valence electrons. The Morgan fingerprint density at radius 2 is 1.96 bits per heavy atom. The van der Waals surface area contributed by atoms with E-state index in [0.717, 1.165) is 41.3 Å². The highest BCUT2D eigenvalue weighted by atomic mass is 79.9. The fraction of sp³-hybridized carbons (Fsp3) is 0.421. The van der Waals surface area contributed by atoms with Gasteiger partial charge in [0.15, 0.2) is 0 Å². The van der Waals surface area contributed by atoms with Gasteiger partial charge in [-0.15, -0.1) is 0 Å². The summed E-state index contributed by atoms with van der Waals surface area (Å²) in [6, 6.07) is 10.4. The zero-order chi connectivity index (χ0) is 16.2. The van der Waals surface area contributed by atoms with E-state index in [1.165, 1.54) is 18.4 Å². The number of nitrogens with zero attached hydrogens (tertiary/aromatic N) is 2. The zero-order valence-corrected chi connectivity index (χ0v) is 15.3. The molecule has 1 aromatic carbocycles. The highest BCUT2D eigenvalue weighted by molar-refractivity contribution is 9.10. The molecule has 1 aromatic heterocycles. The van der Waals surface area contributed by atoms with Crippen molar-refractivity contribution in [1.29, 1.82) is 0 Å². The van der Waals surface area contributed by atoms with E-state index in [2.05, 4.69) is 63.9 Å². The Hall–Kier alpha value is -1.55. The maximum absolute atomic E-state index is 5.93. The predicted molar refractivity (Wildman–Crippen MR) is 100 cm³/mol. The number of hydrogen-bond donors (Lipinski definition) is 0. The third-order valence-corrected chi connectivity index (χ3v) is 5.06. The number of benzene rings is 1. The van der Waals surface area contributed by atoms with Gasteiger partial charge >= 0.3 is 0 Å². The van der Waals surface area contributed by atoms with Crippen LogP contribution in [0.3, 0.4) is 0 Å². The molecule has 1 saturated heterocycles. The summed E-state index contributed by atoms with van der Waals surface area (Å²) in [5.74, 6) is 2.30. The molecule has 23 heavy (non-hydrogen) atoms. The van der Waals surface area contributed by atoms with Crippen molar-refractivity contribution < 1.29 is 4.42 Å². The topological polar surface area (TPSA) is 28.7 Å². The number of anilines is 1. The molecule has 0 saturated carbocycles. The molecule has 0 N–H and O–H groups in total. The van der Waals surface area contributed by atoms with Gasteiger partial charge in [0.2, 0.25) is 5.88 Å². The first-order chi connectivity index (χ1) is 11.2. The molecular weight excluding hydrogens is 352 g/mol. The highest BCUT2D eigenvalue weighted by Gasteiger charge is 2.19. The Balaban J connectivity index is 1.71. The van der Waals surface area contributed by atoms with Gasteiger partial charge in [0, 0.05) is 19.2 Å². The SMILES string of the molecule is CC[C@@H](C)c1ccc(N=Cc2cc(Br)c(N3CCCC3)o2)cc1. The smallest absolute Gasteiger partial charge is 0.210 e. The third-order valence-electron chi connectivity index (χ3n) is 4.50. The summed E-state index contributed by atoms with van der Waals surface area (Å²) in [6.45, 7) is 6.60. The molecule has 0 bridgehead atoms. The molecule has 0 amide bonds. The van der Waals surface area contributed by atoms with Crippen LogP contribution in [-0.4, -0.2) is 19.3 Å². The van der Waals surface area contributed by atoms with Crippen LogP contribution >= 0.6 is 15.9 Å². The van der Waals surface area contributed by atoms with Crippen LogP contribution in [0.1, 0.15) is 50.4 Å². The van der Waals surface area contributed by atoms with E-state index >= 15 is 0 Å². The van der Waals surface area contributed by atoms with Crippen molar-refractivity contribution in [2.24, 2.45) is 4.99 Å². The number of rotatable bonds is 5. The Bertz CT molecular complexity index is 669. The molecule has 0 unspecified atom stereocenters. The standard InChI is InChI=1S/C19H23BrN2O/c1-3-14(2)15-6-8-16(9-7-15)21-13-17-12-18(20)19(23-17)22-10-4-5-11-22/h6-9,12-14H,3-5,10-11H2,1-2H3/t14-/m1/s1. The summed E-state index contributed by atoms with van der Waals surface area (Å²) in [5.41, 5.74) is 2.32. The van der Waals surface area contributed by atoms with Crippen molar-refractivity contribution in [3.05, 3.63) is 46.1 Å². The van der Waals surface area contributed by atoms with Gasteiger partial charge in [-0.2, -0.15) is 0 Å². The van der Waals surface area contributed by atoms with Gasteiger partial charge in [-0.05, 0) is 58.8 Å². The maximum Gasteiger partial charge on any atom is 0.210 e. The molecule has 3 rings (SSSR count). The van der Waals surface area contributed by atoms with Crippen molar-refractivity contribution in [1.82, 2.24) is 0 Å². The van der Waals surface area contributed by atoms with Crippen LogP contribution in [0.2, 0.25) is 0 Å². The first-order valence-electron chi connectivity index (χ1n) is 8.35. The molecule has 0 aliphatic carbocycles. The van der Waals surface area contributed by atoms with E-state index in [9.17, 15) is 0 Å². The summed E-state index contributed by atoms with van der Waals surface area (Å²) in [5, 5.41) is 0. The second-order valence-electron chi connectivity index (χ2n) is 6.16. The molecule has 2 aromatic rings. The normalized spacial score (nSPS) is 16.4. The fourth-order valence-electron chi connectivity index (χ4n) is 2.84. The van der Waals surface area contributed by atoms with E-state index in [1.807, 2.05) is 6.07 Å². The largest absolute Gasteiger partial charge is 0.438 e. The fourth-order valence-corrected chi connectivity index (χ4v) is 3.40. The van der Waals surface area contributed by atoms with E-state index in [4.69, 9.17) is 4.42 Å². The summed E-state index contributed by atoms with van der Waals surface area (Å²) in [6.07, 6.45) is 5.42. The van der Waals surface area contributed by atoms with Gasteiger partial charge in [-0.3, -0.25) is 4.99 Å². The Labute approximate surface area is 146 Å². The quantitative estimate of drug-likeness (QED) is 0.608. The maximum atomic E-state index is 5.93. The molecule has 0 radical (unpaired) electrons. The van der Waals surface area contributed by atoms with Crippen molar-refractivity contribution in [2.45, 2.75) is 39.0 Å². The molecular formula is C19H23BrN2O. The van der Waals surface area contributed by atoms with Crippen LogP contribution in [0.15, 0.2) is 44.2 Å². The van der Waals surface area contributed by atoms with Crippen molar-refractivity contribution >= 4 is 33.7 Å². The Kier molecular flexibility index (Phi) is 5.21. The second kappa shape index (κ2) is 7.35. The van der Waals surface area contributed by atoms with Crippen LogP contribution in [0.5, 0.6) is 0 Å². The molecule has 1 atom stereocenters. The summed E-state index contributed by atoms with van der Waals surface area (Å²) >= 11 is 3.59.